The van der Waals surface area contributed by atoms with Gasteiger partial charge in [0, 0.05) is 42.7 Å². The van der Waals surface area contributed by atoms with Crippen LogP contribution in [-0.4, -0.2) is 36.3 Å². The molecule has 0 unspecified atom stereocenters. The highest BCUT2D eigenvalue weighted by atomic mass is 32.2. The van der Waals surface area contributed by atoms with Crippen LogP contribution >= 0.6 is 0 Å². The van der Waals surface area contributed by atoms with Crippen LogP contribution < -0.4 is 5.32 Å². The topological polar surface area (TPSA) is 71.4 Å². The Morgan fingerprint density at radius 2 is 1.85 bits per heavy atom. The fourth-order valence-corrected chi connectivity index (χ4v) is 6.82. The number of hydrogen-bond donors (Lipinski definition) is 1. The maximum absolute atomic E-state index is 13.3. The van der Waals surface area contributed by atoms with Gasteiger partial charge in [0.05, 0.1) is 10.9 Å². The summed E-state index contributed by atoms with van der Waals surface area (Å²) < 4.78 is 30.1. The van der Waals surface area contributed by atoms with Crippen molar-refractivity contribution < 1.29 is 13.2 Å². The predicted octanol–water partition coefficient (Wildman–Crippen LogP) is 4.26. The Hall–Kier alpha value is -2.64. The zero-order chi connectivity index (χ0) is 23.0. The average Bonchev–Trinajstić information content (AvgIpc) is 3.27. The van der Waals surface area contributed by atoms with Crippen LogP contribution in [0.4, 0.5) is 0 Å². The molecular formula is C26H31N3O3S. The van der Waals surface area contributed by atoms with Gasteiger partial charge in [0.15, 0.2) is 0 Å². The van der Waals surface area contributed by atoms with Crippen molar-refractivity contribution in [2.75, 3.05) is 13.1 Å². The van der Waals surface area contributed by atoms with Gasteiger partial charge in [-0.05, 0) is 74.4 Å². The second-order valence-corrected chi connectivity index (χ2v) is 11.1. The van der Waals surface area contributed by atoms with Crippen LogP contribution in [-0.2, 0) is 27.8 Å². The van der Waals surface area contributed by atoms with E-state index in [2.05, 4.69) is 35.0 Å². The number of fused-ring (bicyclic) bond motifs is 2. The molecule has 0 bridgehead atoms. The molecule has 5 rings (SSSR count). The number of nitrogens with zero attached hydrogens (tertiary/aromatic N) is 2. The Bertz CT molecular complexity index is 1270. The maximum atomic E-state index is 13.3. The van der Waals surface area contributed by atoms with Crippen LogP contribution in [0.5, 0.6) is 0 Å². The number of rotatable bonds is 5. The molecule has 0 radical (unpaired) electrons. The molecule has 0 spiro atoms. The van der Waals surface area contributed by atoms with Crippen LogP contribution in [0.15, 0.2) is 59.6 Å². The molecule has 1 aliphatic carbocycles. The van der Waals surface area contributed by atoms with E-state index >= 15 is 0 Å². The summed E-state index contributed by atoms with van der Waals surface area (Å²) in [6, 6.07) is 15.7. The largest absolute Gasteiger partial charge is 0.349 e. The Labute approximate surface area is 195 Å². The lowest BCUT2D eigenvalue weighted by Crippen LogP contribution is -2.44. The van der Waals surface area contributed by atoms with Gasteiger partial charge >= 0.3 is 0 Å². The molecule has 3 aromatic rings. The summed E-state index contributed by atoms with van der Waals surface area (Å²) in [5.41, 5.74) is 3.58. The van der Waals surface area contributed by atoms with Gasteiger partial charge < -0.3 is 9.88 Å². The third kappa shape index (κ3) is 4.20. The van der Waals surface area contributed by atoms with Gasteiger partial charge in [0.25, 0.3) is 0 Å². The number of nitrogens with one attached hydrogen (secondary N) is 1. The molecule has 1 amide bonds. The van der Waals surface area contributed by atoms with Crippen LogP contribution in [0, 0.1) is 5.92 Å². The molecule has 1 fully saturated rings. The summed E-state index contributed by atoms with van der Waals surface area (Å²) in [4.78, 5) is 13.3. The molecule has 1 atom stereocenters. The summed E-state index contributed by atoms with van der Waals surface area (Å²) in [5.74, 6) is -0.0947. The fraction of sp³-hybridized carbons (Fsp3) is 0.423. The van der Waals surface area contributed by atoms with Gasteiger partial charge in [0.1, 0.15) is 0 Å². The summed E-state index contributed by atoms with van der Waals surface area (Å²) in [6.45, 7) is 3.65. The third-order valence-electron chi connectivity index (χ3n) is 7.23. The first kappa shape index (κ1) is 22.2. The Morgan fingerprint density at radius 3 is 2.64 bits per heavy atom. The van der Waals surface area contributed by atoms with E-state index in [0.717, 1.165) is 36.7 Å². The SMILES string of the molecule is CCn1ccc2cc(S(=O)(=O)N3CCC(C(=O)N[C@@H]4CCCc5ccccc54)CC3)ccc21. The summed E-state index contributed by atoms with van der Waals surface area (Å²) in [7, 11) is -3.57. The summed E-state index contributed by atoms with van der Waals surface area (Å²) in [6.07, 6.45) is 6.17. The van der Waals surface area contributed by atoms with Gasteiger partial charge in [0.2, 0.25) is 15.9 Å². The Balaban J connectivity index is 1.24. The van der Waals surface area contributed by atoms with Gasteiger partial charge in [-0.15, -0.1) is 0 Å². The molecule has 7 heteroatoms. The molecule has 1 N–H and O–H groups in total. The molecule has 1 aliphatic heterocycles. The van der Waals surface area contributed by atoms with Crippen molar-refractivity contribution in [3.63, 3.8) is 0 Å². The van der Waals surface area contributed by atoms with Crippen LogP contribution in [0.3, 0.4) is 0 Å². The Kier molecular flexibility index (Phi) is 6.01. The normalized spacial score (nSPS) is 20.0. The number of hydrogen-bond acceptors (Lipinski definition) is 3. The molecular weight excluding hydrogens is 434 g/mol. The molecule has 1 saturated heterocycles. The number of benzene rings is 2. The molecule has 6 nitrogen and oxygen atoms in total. The molecule has 0 saturated carbocycles. The first-order valence-corrected chi connectivity index (χ1v) is 13.4. The predicted molar refractivity (Wildman–Crippen MR) is 129 cm³/mol. The average molecular weight is 466 g/mol. The van der Waals surface area contributed by atoms with Crippen molar-refractivity contribution in [2.45, 2.75) is 56.5 Å². The van der Waals surface area contributed by atoms with E-state index in [0.29, 0.717) is 30.8 Å². The van der Waals surface area contributed by atoms with Crippen LogP contribution in [0.2, 0.25) is 0 Å². The standard InChI is InChI=1S/C26H31N3O3S/c1-2-28-15-12-21-18-22(10-11-25(21)28)33(31,32)29-16-13-20(14-17-29)26(30)27-24-9-5-7-19-6-3-4-8-23(19)24/h3-4,6,8,10-12,15,18,20,24H,2,5,7,9,13-14,16-17H2,1H3,(H,27,30)/t24-/m1/s1. The first-order chi connectivity index (χ1) is 16.0. The Morgan fingerprint density at radius 1 is 1.06 bits per heavy atom. The van der Waals surface area contributed by atoms with Crippen molar-refractivity contribution in [3.05, 3.63) is 65.9 Å². The van der Waals surface area contributed by atoms with E-state index < -0.39 is 10.0 Å². The zero-order valence-corrected chi connectivity index (χ0v) is 19.9. The van der Waals surface area contributed by atoms with Gasteiger partial charge in [-0.3, -0.25) is 4.79 Å². The molecule has 174 valence electrons. The quantitative estimate of drug-likeness (QED) is 0.612. The molecule has 2 aromatic carbocycles. The minimum Gasteiger partial charge on any atom is -0.349 e. The number of sulfonamides is 1. The van der Waals surface area contributed by atoms with Crippen molar-refractivity contribution in [1.82, 2.24) is 14.2 Å². The van der Waals surface area contributed by atoms with Crippen molar-refractivity contribution in [1.29, 1.82) is 0 Å². The number of carbonyl (C=O) groups excluding carboxylic acids is 1. The van der Waals surface area contributed by atoms with Crippen LogP contribution in [0.1, 0.15) is 49.8 Å². The highest BCUT2D eigenvalue weighted by Crippen LogP contribution is 2.31. The second kappa shape index (κ2) is 8.95. The number of aromatic nitrogens is 1. The third-order valence-corrected chi connectivity index (χ3v) is 9.13. The summed E-state index contributed by atoms with van der Waals surface area (Å²) >= 11 is 0. The fourth-order valence-electron chi connectivity index (χ4n) is 5.32. The lowest BCUT2D eigenvalue weighted by atomic mass is 9.87. The van der Waals surface area contributed by atoms with Crippen LogP contribution in [0.25, 0.3) is 10.9 Å². The van der Waals surface area contributed by atoms with Crippen molar-refractivity contribution >= 4 is 26.8 Å². The van der Waals surface area contributed by atoms with E-state index in [1.54, 1.807) is 12.1 Å². The minimum absolute atomic E-state index is 0.0519. The van der Waals surface area contributed by atoms with Gasteiger partial charge in [-0.25, -0.2) is 8.42 Å². The van der Waals surface area contributed by atoms with E-state index in [1.165, 1.54) is 15.4 Å². The van der Waals surface area contributed by atoms with E-state index in [9.17, 15) is 13.2 Å². The summed E-state index contributed by atoms with van der Waals surface area (Å²) in [5, 5.41) is 4.18. The number of carbonyl (C=O) groups is 1. The molecule has 33 heavy (non-hydrogen) atoms. The van der Waals surface area contributed by atoms with E-state index in [4.69, 9.17) is 0 Å². The highest BCUT2D eigenvalue weighted by molar-refractivity contribution is 7.89. The van der Waals surface area contributed by atoms with E-state index in [-0.39, 0.29) is 17.9 Å². The monoisotopic (exact) mass is 465 g/mol. The number of piperidine rings is 1. The second-order valence-electron chi connectivity index (χ2n) is 9.15. The molecule has 1 aromatic heterocycles. The number of aryl methyl sites for hydroxylation is 2. The minimum atomic E-state index is -3.57. The van der Waals surface area contributed by atoms with Crippen molar-refractivity contribution in [2.24, 2.45) is 5.92 Å². The molecule has 2 heterocycles. The van der Waals surface area contributed by atoms with E-state index in [1.807, 2.05) is 24.4 Å². The van der Waals surface area contributed by atoms with Gasteiger partial charge in [-0.1, -0.05) is 24.3 Å². The smallest absolute Gasteiger partial charge is 0.243 e. The van der Waals surface area contributed by atoms with Gasteiger partial charge in [-0.2, -0.15) is 4.31 Å². The van der Waals surface area contributed by atoms with Crippen molar-refractivity contribution in [3.8, 4) is 0 Å². The number of amides is 1. The maximum Gasteiger partial charge on any atom is 0.243 e. The zero-order valence-electron chi connectivity index (χ0n) is 19.0. The molecule has 2 aliphatic rings. The lowest BCUT2D eigenvalue weighted by Gasteiger charge is -2.32. The lowest BCUT2D eigenvalue weighted by molar-refractivity contribution is -0.127. The highest BCUT2D eigenvalue weighted by Gasteiger charge is 2.33. The first-order valence-electron chi connectivity index (χ1n) is 11.9.